The minimum atomic E-state index is -0.452. The van der Waals surface area contributed by atoms with Crippen molar-refractivity contribution in [2.75, 3.05) is 47.1 Å². The fourth-order valence-corrected chi connectivity index (χ4v) is 5.18. The van der Waals surface area contributed by atoms with Gasteiger partial charge in [0.15, 0.2) is 11.6 Å². The van der Waals surface area contributed by atoms with Crippen LogP contribution in [0.25, 0.3) is 0 Å². The second-order valence-electron chi connectivity index (χ2n) is 8.34. The van der Waals surface area contributed by atoms with E-state index in [1.165, 1.54) is 23.0 Å². The van der Waals surface area contributed by atoms with Crippen LogP contribution in [0, 0.1) is 5.82 Å². The second-order valence-corrected chi connectivity index (χ2v) is 9.35. The third-order valence-corrected chi connectivity index (χ3v) is 7.14. The summed E-state index contributed by atoms with van der Waals surface area (Å²) >= 11 is 1.64. The molecule has 7 nitrogen and oxygen atoms in total. The lowest BCUT2D eigenvalue weighted by Gasteiger charge is -2.37. The number of ether oxygens (including phenoxy) is 3. The lowest BCUT2D eigenvalue weighted by Crippen LogP contribution is -2.48. The van der Waals surface area contributed by atoms with Crippen LogP contribution < -0.4 is 9.47 Å². The van der Waals surface area contributed by atoms with E-state index in [9.17, 15) is 14.0 Å². The smallest absolute Gasteiger partial charge is 0.254 e. The maximum atomic E-state index is 14.2. The van der Waals surface area contributed by atoms with Gasteiger partial charge >= 0.3 is 0 Å². The Balaban J connectivity index is 1.53. The first-order chi connectivity index (χ1) is 17.5. The lowest BCUT2D eigenvalue weighted by atomic mass is 10.0. The minimum Gasteiger partial charge on any atom is -0.497 e. The number of amides is 2. The SMILES string of the molecule is COCCN(CC(=O)N1CCc2sccc2C1COc1ccccc1F)C(=O)c1cccc(OC)c1. The zero-order chi connectivity index (χ0) is 25.5. The number of fused-ring (bicyclic) bond motifs is 1. The van der Waals surface area contributed by atoms with E-state index in [4.69, 9.17) is 14.2 Å². The highest BCUT2D eigenvalue weighted by Gasteiger charge is 2.33. The standard InChI is InChI=1S/C27H29FN2O5S/c1-33-14-13-29(27(32)19-6-5-7-20(16-19)34-2)17-26(31)30-12-10-25-21(11-15-36-25)23(30)18-35-24-9-4-3-8-22(24)28/h3-9,11,15-16,23H,10,12-14,17-18H2,1-2H3. The molecule has 9 heteroatoms. The number of thiophene rings is 1. The highest BCUT2D eigenvalue weighted by Crippen LogP contribution is 2.34. The average molecular weight is 513 g/mol. The van der Waals surface area contributed by atoms with E-state index in [2.05, 4.69) is 0 Å². The molecule has 0 spiro atoms. The zero-order valence-corrected chi connectivity index (χ0v) is 21.1. The van der Waals surface area contributed by atoms with Crippen LogP contribution in [-0.4, -0.2) is 68.7 Å². The Bertz CT molecular complexity index is 1200. The highest BCUT2D eigenvalue weighted by atomic mass is 32.1. The summed E-state index contributed by atoms with van der Waals surface area (Å²) in [5, 5.41) is 1.99. The molecule has 4 rings (SSSR count). The number of para-hydroxylation sites is 1. The van der Waals surface area contributed by atoms with Crippen molar-refractivity contribution in [2.45, 2.75) is 12.5 Å². The lowest BCUT2D eigenvalue weighted by molar-refractivity contribution is -0.135. The van der Waals surface area contributed by atoms with E-state index in [0.717, 1.165) is 12.0 Å². The summed E-state index contributed by atoms with van der Waals surface area (Å²) in [5.74, 6) is -0.244. The van der Waals surface area contributed by atoms with E-state index >= 15 is 0 Å². The highest BCUT2D eigenvalue weighted by molar-refractivity contribution is 7.10. The van der Waals surface area contributed by atoms with Gasteiger partial charge in [0, 0.05) is 30.6 Å². The van der Waals surface area contributed by atoms with Gasteiger partial charge in [-0.1, -0.05) is 18.2 Å². The zero-order valence-electron chi connectivity index (χ0n) is 20.3. The number of methoxy groups -OCH3 is 2. The van der Waals surface area contributed by atoms with Crippen molar-refractivity contribution in [2.24, 2.45) is 0 Å². The van der Waals surface area contributed by atoms with E-state index in [0.29, 0.717) is 17.9 Å². The number of hydrogen-bond acceptors (Lipinski definition) is 6. The molecule has 3 aromatic rings. The topological polar surface area (TPSA) is 68.3 Å². The van der Waals surface area contributed by atoms with Gasteiger partial charge in [0.1, 0.15) is 18.9 Å². The monoisotopic (exact) mass is 512 g/mol. The molecule has 0 radical (unpaired) electrons. The summed E-state index contributed by atoms with van der Waals surface area (Å²) < 4.78 is 30.4. The maximum Gasteiger partial charge on any atom is 0.254 e. The van der Waals surface area contributed by atoms with Crippen molar-refractivity contribution in [3.8, 4) is 11.5 Å². The van der Waals surface area contributed by atoms with Crippen molar-refractivity contribution in [1.82, 2.24) is 9.80 Å². The fourth-order valence-electron chi connectivity index (χ4n) is 4.25. The van der Waals surface area contributed by atoms with Crippen LogP contribution >= 0.6 is 11.3 Å². The van der Waals surface area contributed by atoms with E-state index < -0.39 is 5.82 Å². The predicted octanol–water partition coefficient (Wildman–Crippen LogP) is 4.19. The van der Waals surface area contributed by atoms with Gasteiger partial charge in [-0.05, 0) is 53.8 Å². The first-order valence-corrected chi connectivity index (χ1v) is 12.5. The molecule has 0 saturated heterocycles. The Hall–Kier alpha value is -3.43. The molecule has 1 atom stereocenters. The normalized spacial score (nSPS) is 14.8. The van der Waals surface area contributed by atoms with Gasteiger partial charge in [-0.3, -0.25) is 9.59 Å². The van der Waals surface area contributed by atoms with Crippen LogP contribution in [0.3, 0.4) is 0 Å². The van der Waals surface area contributed by atoms with Crippen molar-refractivity contribution >= 4 is 23.2 Å². The number of carbonyl (C=O) groups excluding carboxylic acids is 2. The predicted molar refractivity (Wildman–Crippen MR) is 135 cm³/mol. The van der Waals surface area contributed by atoms with Crippen molar-refractivity contribution < 1.29 is 28.2 Å². The van der Waals surface area contributed by atoms with Gasteiger partial charge < -0.3 is 24.0 Å². The van der Waals surface area contributed by atoms with Crippen molar-refractivity contribution in [3.05, 3.63) is 81.8 Å². The Morgan fingerprint density at radius 2 is 1.97 bits per heavy atom. The first kappa shape index (κ1) is 25.7. The number of carbonyl (C=O) groups is 2. The number of benzene rings is 2. The number of hydrogen-bond donors (Lipinski definition) is 0. The summed E-state index contributed by atoms with van der Waals surface area (Å²) in [6, 6.07) is 14.6. The first-order valence-electron chi connectivity index (χ1n) is 11.7. The molecular weight excluding hydrogens is 483 g/mol. The maximum absolute atomic E-state index is 14.2. The van der Waals surface area contributed by atoms with Crippen LogP contribution in [0.5, 0.6) is 11.5 Å². The van der Waals surface area contributed by atoms with Gasteiger partial charge in [0.25, 0.3) is 5.91 Å². The number of rotatable bonds is 10. The third kappa shape index (κ3) is 5.85. The van der Waals surface area contributed by atoms with Gasteiger partial charge in [-0.2, -0.15) is 0 Å². The average Bonchev–Trinajstić information content (AvgIpc) is 3.39. The molecule has 0 N–H and O–H groups in total. The largest absolute Gasteiger partial charge is 0.497 e. The summed E-state index contributed by atoms with van der Waals surface area (Å²) in [7, 11) is 3.09. The van der Waals surface area contributed by atoms with Crippen molar-refractivity contribution in [1.29, 1.82) is 0 Å². The van der Waals surface area contributed by atoms with Gasteiger partial charge in [0.2, 0.25) is 5.91 Å². The number of halogens is 1. The Morgan fingerprint density at radius 3 is 2.75 bits per heavy atom. The minimum absolute atomic E-state index is 0.109. The summed E-state index contributed by atoms with van der Waals surface area (Å²) in [6.45, 7) is 1.03. The van der Waals surface area contributed by atoms with Crippen LogP contribution in [0.2, 0.25) is 0 Å². The molecule has 1 aliphatic heterocycles. The second kappa shape index (κ2) is 12.0. The molecule has 1 aliphatic rings. The molecule has 36 heavy (non-hydrogen) atoms. The molecule has 2 aromatic carbocycles. The van der Waals surface area contributed by atoms with Gasteiger partial charge in [-0.25, -0.2) is 4.39 Å². The molecule has 1 aromatic heterocycles. The van der Waals surface area contributed by atoms with E-state index in [-0.39, 0.29) is 49.9 Å². The summed E-state index contributed by atoms with van der Waals surface area (Å²) in [5.41, 5.74) is 1.43. The molecule has 2 amide bonds. The fraction of sp³-hybridized carbons (Fsp3) is 0.333. The van der Waals surface area contributed by atoms with Crippen LogP contribution in [0.1, 0.15) is 26.8 Å². The van der Waals surface area contributed by atoms with Crippen LogP contribution in [-0.2, 0) is 16.0 Å². The van der Waals surface area contributed by atoms with Crippen LogP contribution in [0.4, 0.5) is 4.39 Å². The van der Waals surface area contributed by atoms with E-state index in [1.54, 1.807) is 65.8 Å². The molecular formula is C27H29FN2O5S. The third-order valence-electron chi connectivity index (χ3n) is 6.14. The Kier molecular flexibility index (Phi) is 8.56. The molecule has 0 saturated carbocycles. The van der Waals surface area contributed by atoms with Gasteiger partial charge in [-0.15, -0.1) is 11.3 Å². The Labute approximate surface area is 214 Å². The molecule has 0 fully saturated rings. The quantitative estimate of drug-likeness (QED) is 0.408. The summed E-state index contributed by atoms with van der Waals surface area (Å²) in [6.07, 6.45) is 0.719. The molecule has 1 unspecified atom stereocenters. The Morgan fingerprint density at radius 1 is 1.14 bits per heavy atom. The van der Waals surface area contributed by atoms with Crippen molar-refractivity contribution in [3.63, 3.8) is 0 Å². The summed E-state index contributed by atoms with van der Waals surface area (Å²) in [4.78, 5) is 31.3. The molecule has 2 heterocycles. The molecule has 0 aliphatic carbocycles. The number of nitrogens with zero attached hydrogens (tertiary/aromatic N) is 2. The van der Waals surface area contributed by atoms with E-state index in [1.807, 2.05) is 11.4 Å². The van der Waals surface area contributed by atoms with Gasteiger partial charge in [0.05, 0.1) is 19.8 Å². The molecule has 0 bridgehead atoms. The molecule has 190 valence electrons. The van der Waals surface area contributed by atoms with Crippen LogP contribution in [0.15, 0.2) is 60.0 Å².